The fourth-order valence-corrected chi connectivity index (χ4v) is 4.88. The number of carbonyl (C=O) groups excluding carboxylic acids is 2. The summed E-state index contributed by atoms with van der Waals surface area (Å²) >= 11 is 1.76. The highest BCUT2D eigenvalue weighted by Gasteiger charge is 2.36. The quantitative estimate of drug-likeness (QED) is 0.719. The van der Waals surface area contributed by atoms with Gasteiger partial charge in [-0.1, -0.05) is 20.8 Å². The second kappa shape index (κ2) is 9.51. The molecule has 1 N–H and O–H groups in total. The molecule has 2 unspecified atom stereocenters. The SMILES string of the molecule is CCC1c2ccsc2CCN1C(=O)C(NC(=O)c1cc(OC)cc(OC)c1)C(C)C. The number of rotatable bonds is 7. The molecule has 2 heterocycles. The monoisotopic (exact) mass is 430 g/mol. The molecule has 0 saturated carbocycles. The van der Waals surface area contributed by atoms with Gasteiger partial charge in [0, 0.05) is 23.1 Å². The van der Waals surface area contributed by atoms with Crippen molar-refractivity contribution in [1.82, 2.24) is 10.2 Å². The lowest BCUT2D eigenvalue weighted by Gasteiger charge is -2.38. The van der Waals surface area contributed by atoms with Gasteiger partial charge in [-0.05, 0) is 47.9 Å². The van der Waals surface area contributed by atoms with Crippen molar-refractivity contribution >= 4 is 23.2 Å². The molecule has 2 amide bonds. The van der Waals surface area contributed by atoms with E-state index in [0.29, 0.717) is 23.6 Å². The second-order valence-electron chi connectivity index (χ2n) is 7.80. The number of hydrogen-bond acceptors (Lipinski definition) is 5. The lowest BCUT2D eigenvalue weighted by Crippen LogP contribution is -2.53. The van der Waals surface area contributed by atoms with Gasteiger partial charge in [0.2, 0.25) is 5.91 Å². The third-order valence-electron chi connectivity index (χ3n) is 5.60. The van der Waals surface area contributed by atoms with Crippen molar-refractivity contribution in [3.63, 3.8) is 0 Å². The van der Waals surface area contributed by atoms with Crippen LogP contribution >= 0.6 is 11.3 Å². The smallest absolute Gasteiger partial charge is 0.252 e. The second-order valence-corrected chi connectivity index (χ2v) is 8.80. The van der Waals surface area contributed by atoms with Gasteiger partial charge in [0.25, 0.3) is 5.91 Å². The van der Waals surface area contributed by atoms with Gasteiger partial charge in [0.1, 0.15) is 17.5 Å². The molecule has 6 nitrogen and oxygen atoms in total. The molecule has 162 valence electrons. The molecule has 1 aliphatic rings. The van der Waals surface area contributed by atoms with Crippen LogP contribution in [0.15, 0.2) is 29.6 Å². The fourth-order valence-electron chi connectivity index (χ4n) is 3.96. The van der Waals surface area contributed by atoms with Gasteiger partial charge in [0.15, 0.2) is 0 Å². The van der Waals surface area contributed by atoms with Crippen LogP contribution in [0.1, 0.15) is 54.0 Å². The number of methoxy groups -OCH3 is 2. The molecule has 0 aliphatic carbocycles. The van der Waals surface area contributed by atoms with Crippen LogP contribution in [0, 0.1) is 5.92 Å². The predicted octanol–water partition coefficient (Wildman–Crippen LogP) is 4.06. The van der Waals surface area contributed by atoms with Crippen LogP contribution in [0.5, 0.6) is 11.5 Å². The van der Waals surface area contributed by atoms with Crippen molar-refractivity contribution in [1.29, 1.82) is 0 Å². The van der Waals surface area contributed by atoms with E-state index in [1.165, 1.54) is 24.7 Å². The first kappa shape index (κ1) is 22.2. The fraction of sp³-hybridized carbons (Fsp3) is 0.478. The first-order chi connectivity index (χ1) is 14.4. The predicted molar refractivity (Wildman–Crippen MR) is 118 cm³/mol. The van der Waals surface area contributed by atoms with E-state index in [9.17, 15) is 9.59 Å². The molecule has 0 bridgehead atoms. The van der Waals surface area contributed by atoms with Crippen LogP contribution in [0.2, 0.25) is 0 Å². The molecule has 2 aromatic rings. The third-order valence-corrected chi connectivity index (χ3v) is 6.59. The normalized spacial score (nSPS) is 16.7. The van der Waals surface area contributed by atoms with E-state index >= 15 is 0 Å². The van der Waals surface area contributed by atoms with Crippen molar-refractivity contribution in [3.05, 3.63) is 45.6 Å². The number of ether oxygens (including phenoxy) is 2. The van der Waals surface area contributed by atoms with Gasteiger partial charge in [-0.25, -0.2) is 0 Å². The van der Waals surface area contributed by atoms with Gasteiger partial charge < -0.3 is 19.7 Å². The van der Waals surface area contributed by atoms with Crippen LogP contribution < -0.4 is 14.8 Å². The summed E-state index contributed by atoms with van der Waals surface area (Å²) in [5.41, 5.74) is 1.64. The van der Waals surface area contributed by atoms with Gasteiger partial charge in [-0.2, -0.15) is 0 Å². The lowest BCUT2D eigenvalue weighted by molar-refractivity contribution is -0.137. The number of amides is 2. The highest BCUT2D eigenvalue weighted by molar-refractivity contribution is 7.10. The topological polar surface area (TPSA) is 67.9 Å². The Balaban J connectivity index is 1.82. The summed E-state index contributed by atoms with van der Waals surface area (Å²) in [6.07, 6.45) is 1.71. The molecule has 7 heteroatoms. The Labute approximate surface area is 182 Å². The van der Waals surface area contributed by atoms with Gasteiger partial charge >= 0.3 is 0 Å². The Morgan fingerprint density at radius 2 is 1.87 bits per heavy atom. The number of thiophene rings is 1. The maximum atomic E-state index is 13.5. The lowest BCUT2D eigenvalue weighted by atomic mass is 9.94. The Morgan fingerprint density at radius 3 is 2.43 bits per heavy atom. The Morgan fingerprint density at radius 1 is 1.20 bits per heavy atom. The molecular formula is C23H30N2O4S. The molecule has 0 radical (unpaired) electrons. The van der Waals surface area contributed by atoms with Crippen molar-refractivity contribution in [2.24, 2.45) is 5.92 Å². The van der Waals surface area contributed by atoms with E-state index in [4.69, 9.17) is 9.47 Å². The van der Waals surface area contributed by atoms with Crippen LogP contribution in [-0.2, 0) is 11.2 Å². The van der Waals surface area contributed by atoms with E-state index in [1.54, 1.807) is 29.5 Å². The zero-order valence-electron chi connectivity index (χ0n) is 18.2. The maximum Gasteiger partial charge on any atom is 0.252 e. The van der Waals surface area contributed by atoms with E-state index in [1.807, 2.05) is 18.7 Å². The van der Waals surface area contributed by atoms with Crippen molar-refractivity contribution in [2.75, 3.05) is 20.8 Å². The molecule has 0 saturated heterocycles. The molecule has 0 fully saturated rings. The summed E-state index contributed by atoms with van der Waals surface area (Å²) in [4.78, 5) is 29.8. The number of nitrogens with one attached hydrogen (secondary N) is 1. The minimum absolute atomic E-state index is 0.0306. The van der Waals surface area contributed by atoms with Crippen molar-refractivity contribution < 1.29 is 19.1 Å². The maximum absolute atomic E-state index is 13.5. The molecule has 1 aliphatic heterocycles. The van der Waals surface area contributed by atoms with Crippen LogP contribution in [0.3, 0.4) is 0 Å². The Bertz CT molecular complexity index is 886. The molecule has 3 rings (SSSR count). The van der Waals surface area contributed by atoms with E-state index in [0.717, 1.165) is 12.8 Å². The van der Waals surface area contributed by atoms with E-state index in [-0.39, 0.29) is 23.8 Å². The summed E-state index contributed by atoms with van der Waals surface area (Å²) in [6, 6.07) is 6.57. The van der Waals surface area contributed by atoms with E-state index < -0.39 is 6.04 Å². The summed E-state index contributed by atoms with van der Waals surface area (Å²) < 4.78 is 10.5. The highest BCUT2D eigenvalue weighted by Crippen LogP contribution is 2.36. The average Bonchev–Trinajstić information content (AvgIpc) is 3.24. The summed E-state index contributed by atoms with van der Waals surface area (Å²) in [5, 5.41) is 5.05. The largest absolute Gasteiger partial charge is 0.497 e. The zero-order chi connectivity index (χ0) is 21.8. The standard InChI is InChI=1S/C23H30N2O4S/c1-6-19-18-8-10-30-20(18)7-9-25(19)23(27)21(14(2)3)24-22(26)15-11-16(28-4)13-17(12-15)29-5/h8,10-14,19,21H,6-7,9H2,1-5H3,(H,24,26). The molecule has 2 atom stereocenters. The molecular weight excluding hydrogens is 400 g/mol. The molecule has 0 spiro atoms. The first-order valence-corrected chi connectivity index (χ1v) is 11.2. The average molecular weight is 431 g/mol. The number of carbonyl (C=O) groups is 2. The Kier molecular flexibility index (Phi) is 7.02. The van der Waals surface area contributed by atoms with Crippen LogP contribution in [0.4, 0.5) is 0 Å². The number of nitrogens with zero attached hydrogens (tertiary/aromatic N) is 1. The minimum atomic E-state index is -0.607. The van der Waals surface area contributed by atoms with Gasteiger partial charge in [-0.3, -0.25) is 9.59 Å². The van der Waals surface area contributed by atoms with Crippen LogP contribution in [-0.4, -0.2) is 43.5 Å². The number of hydrogen-bond donors (Lipinski definition) is 1. The van der Waals surface area contributed by atoms with Gasteiger partial charge in [0.05, 0.1) is 20.3 Å². The van der Waals surface area contributed by atoms with Gasteiger partial charge in [-0.15, -0.1) is 11.3 Å². The highest BCUT2D eigenvalue weighted by atomic mass is 32.1. The summed E-state index contributed by atoms with van der Waals surface area (Å²) in [7, 11) is 3.08. The molecule has 30 heavy (non-hydrogen) atoms. The number of benzene rings is 1. The van der Waals surface area contributed by atoms with E-state index in [2.05, 4.69) is 23.7 Å². The zero-order valence-corrected chi connectivity index (χ0v) is 19.0. The third kappa shape index (κ3) is 4.46. The first-order valence-electron chi connectivity index (χ1n) is 10.3. The Hall–Kier alpha value is -2.54. The molecule has 1 aromatic heterocycles. The number of fused-ring (bicyclic) bond motifs is 1. The van der Waals surface area contributed by atoms with Crippen molar-refractivity contribution in [2.45, 2.75) is 45.7 Å². The minimum Gasteiger partial charge on any atom is -0.497 e. The molecule has 1 aromatic carbocycles. The van der Waals surface area contributed by atoms with Crippen LogP contribution in [0.25, 0.3) is 0 Å². The summed E-state index contributed by atoms with van der Waals surface area (Å²) in [6.45, 7) is 6.69. The summed E-state index contributed by atoms with van der Waals surface area (Å²) in [5.74, 6) is 0.658. The van der Waals surface area contributed by atoms with Crippen molar-refractivity contribution in [3.8, 4) is 11.5 Å².